The van der Waals surface area contributed by atoms with Crippen molar-refractivity contribution in [3.8, 4) is 0 Å². The van der Waals surface area contributed by atoms with Gasteiger partial charge in [-0.2, -0.15) is 0 Å². The third kappa shape index (κ3) is 1.71. The van der Waals surface area contributed by atoms with Crippen molar-refractivity contribution in [2.45, 2.75) is 24.0 Å². The van der Waals surface area contributed by atoms with Crippen LogP contribution in [0.3, 0.4) is 0 Å². The maximum absolute atomic E-state index is 5.35. The van der Waals surface area contributed by atoms with Crippen molar-refractivity contribution in [2.75, 3.05) is 0 Å². The van der Waals surface area contributed by atoms with Gasteiger partial charge in [-0.3, -0.25) is 5.14 Å². The zero-order valence-electron chi connectivity index (χ0n) is 6.00. The number of nitrogens with zero attached hydrogens (tertiary/aromatic N) is 1. The average molecular weight is 174 g/mol. The molecule has 0 unspecified atom stereocenters. The molecule has 1 aromatic heterocycles. The van der Waals surface area contributed by atoms with Gasteiger partial charge in [-0.1, -0.05) is 13.8 Å². The lowest BCUT2D eigenvalue weighted by molar-refractivity contribution is 0.852. The quantitative estimate of drug-likeness (QED) is 0.699. The molecule has 0 saturated heterocycles. The summed E-state index contributed by atoms with van der Waals surface area (Å²) < 4.78 is 1.09. The van der Waals surface area contributed by atoms with Gasteiger partial charge in [0.2, 0.25) is 0 Å². The van der Waals surface area contributed by atoms with E-state index < -0.39 is 0 Å². The van der Waals surface area contributed by atoms with E-state index in [0.717, 1.165) is 9.22 Å². The predicted octanol–water partition coefficient (Wildman–Crippen LogP) is 2.23. The van der Waals surface area contributed by atoms with Crippen molar-refractivity contribution < 1.29 is 0 Å². The van der Waals surface area contributed by atoms with Crippen molar-refractivity contribution in [2.24, 2.45) is 5.14 Å². The molecule has 0 aliphatic carbocycles. The maximum atomic E-state index is 5.35. The molecule has 1 heterocycles. The first-order valence-electron chi connectivity index (χ1n) is 3.06. The van der Waals surface area contributed by atoms with Crippen LogP contribution in [0.1, 0.15) is 24.8 Å². The first-order chi connectivity index (χ1) is 4.74. The number of aromatic nitrogens is 1. The Morgan fingerprint density at radius 1 is 1.70 bits per heavy atom. The largest absolute Gasteiger partial charge is 0.273 e. The number of thiazole rings is 1. The van der Waals surface area contributed by atoms with E-state index in [2.05, 4.69) is 18.8 Å². The van der Waals surface area contributed by atoms with Crippen molar-refractivity contribution in [3.05, 3.63) is 11.2 Å². The Kier molecular flexibility index (Phi) is 2.71. The summed E-state index contributed by atoms with van der Waals surface area (Å²) in [4.78, 5) is 4.20. The summed E-state index contributed by atoms with van der Waals surface area (Å²) in [5.74, 6) is 0.519. The van der Waals surface area contributed by atoms with E-state index in [-0.39, 0.29) is 0 Å². The van der Waals surface area contributed by atoms with Gasteiger partial charge >= 0.3 is 0 Å². The Morgan fingerprint density at radius 2 is 2.40 bits per heavy atom. The predicted molar refractivity (Wildman–Crippen MR) is 46.2 cm³/mol. The molecule has 1 aromatic rings. The summed E-state index contributed by atoms with van der Waals surface area (Å²) in [7, 11) is 0. The molecule has 0 aromatic carbocycles. The van der Waals surface area contributed by atoms with E-state index in [1.807, 2.05) is 6.20 Å². The topological polar surface area (TPSA) is 38.9 Å². The highest BCUT2D eigenvalue weighted by Crippen LogP contribution is 2.25. The van der Waals surface area contributed by atoms with E-state index in [1.54, 1.807) is 11.3 Å². The van der Waals surface area contributed by atoms with Gasteiger partial charge in [-0.05, 0) is 11.9 Å². The highest BCUT2D eigenvalue weighted by atomic mass is 32.2. The highest BCUT2D eigenvalue weighted by molar-refractivity contribution is 7.99. The molecule has 0 saturated carbocycles. The van der Waals surface area contributed by atoms with E-state index in [9.17, 15) is 0 Å². The summed E-state index contributed by atoms with van der Waals surface area (Å²) in [6, 6.07) is 0. The SMILES string of the molecule is CC(C)c1ncc(SN)s1. The van der Waals surface area contributed by atoms with Crippen LogP contribution < -0.4 is 5.14 Å². The van der Waals surface area contributed by atoms with Crippen molar-refractivity contribution in [3.63, 3.8) is 0 Å². The van der Waals surface area contributed by atoms with Crippen LogP contribution in [0.15, 0.2) is 10.4 Å². The standard InChI is InChI=1S/C6H10N2S2/c1-4(2)6-8-3-5(9-6)10-7/h3-4H,7H2,1-2H3. The molecule has 2 nitrogen and oxygen atoms in total. The van der Waals surface area contributed by atoms with Gasteiger partial charge in [0.25, 0.3) is 0 Å². The van der Waals surface area contributed by atoms with E-state index in [1.165, 1.54) is 11.9 Å². The highest BCUT2D eigenvalue weighted by Gasteiger charge is 2.03. The second kappa shape index (κ2) is 3.37. The minimum atomic E-state index is 0.519. The Morgan fingerprint density at radius 3 is 2.70 bits per heavy atom. The summed E-state index contributed by atoms with van der Waals surface area (Å²) in [5, 5.41) is 6.51. The zero-order chi connectivity index (χ0) is 7.56. The van der Waals surface area contributed by atoms with E-state index >= 15 is 0 Å². The molecule has 0 spiro atoms. The van der Waals surface area contributed by atoms with Crippen LogP contribution in [0.4, 0.5) is 0 Å². The molecule has 56 valence electrons. The normalized spacial score (nSPS) is 10.8. The fourth-order valence-corrected chi connectivity index (χ4v) is 1.81. The molecule has 10 heavy (non-hydrogen) atoms. The molecule has 0 radical (unpaired) electrons. The number of rotatable bonds is 2. The number of hydrogen-bond donors (Lipinski definition) is 1. The van der Waals surface area contributed by atoms with Crippen LogP contribution in [-0.2, 0) is 0 Å². The van der Waals surface area contributed by atoms with Gasteiger partial charge in [0.15, 0.2) is 0 Å². The molecule has 0 fully saturated rings. The van der Waals surface area contributed by atoms with Crippen LogP contribution in [0.5, 0.6) is 0 Å². The minimum absolute atomic E-state index is 0.519. The first kappa shape index (κ1) is 8.04. The Bertz CT molecular complexity index is 207. The maximum Gasteiger partial charge on any atom is 0.0962 e. The molecule has 0 atom stereocenters. The monoisotopic (exact) mass is 174 g/mol. The van der Waals surface area contributed by atoms with Crippen LogP contribution in [-0.4, -0.2) is 4.98 Å². The van der Waals surface area contributed by atoms with Gasteiger partial charge in [-0.15, -0.1) is 11.3 Å². The van der Waals surface area contributed by atoms with Gasteiger partial charge in [0.05, 0.1) is 15.4 Å². The summed E-state index contributed by atoms with van der Waals surface area (Å²) in [6.07, 6.45) is 1.82. The third-order valence-electron chi connectivity index (χ3n) is 1.11. The average Bonchev–Trinajstić information content (AvgIpc) is 2.34. The second-order valence-electron chi connectivity index (χ2n) is 2.29. The van der Waals surface area contributed by atoms with Crippen LogP contribution in [0, 0.1) is 0 Å². The van der Waals surface area contributed by atoms with E-state index in [4.69, 9.17) is 5.14 Å². The van der Waals surface area contributed by atoms with Crippen molar-refractivity contribution in [1.82, 2.24) is 4.98 Å². The van der Waals surface area contributed by atoms with Gasteiger partial charge in [0, 0.05) is 5.92 Å². The van der Waals surface area contributed by atoms with Crippen LogP contribution >= 0.6 is 23.3 Å². The molecule has 1 rings (SSSR count). The molecule has 0 aliphatic heterocycles. The Balaban J connectivity index is 2.78. The summed E-state index contributed by atoms with van der Waals surface area (Å²) in [5.41, 5.74) is 0. The summed E-state index contributed by atoms with van der Waals surface area (Å²) in [6.45, 7) is 4.26. The lowest BCUT2D eigenvalue weighted by Gasteiger charge is -1.94. The minimum Gasteiger partial charge on any atom is -0.273 e. The fourth-order valence-electron chi connectivity index (χ4n) is 0.594. The first-order valence-corrected chi connectivity index (χ1v) is 4.76. The molecular formula is C6H10N2S2. The molecule has 2 N–H and O–H groups in total. The molecule has 0 bridgehead atoms. The molecule has 0 aliphatic rings. The van der Waals surface area contributed by atoms with E-state index in [0.29, 0.717) is 5.92 Å². The molecule has 0 amide bonds. The lowest BCUT2D eigenvalue weighted by atomic mass is 10.2. The molecular weight excluding hydrogens is 164 g/mol. The van der Waals surface area contributed by atoms with Crippen LogP contribution in [0.2, 0.25) is 0 Å². The smallest absolute Gasteiger partial charge is 0.0962 e. The Labute approximate surface area is 69.0 Å². The third-order valence-corrected chi connectivity index (χ3v) is 3.08. The van der Waals surface area contributed by atoms with Gasteiger partial charge in [0.1, 0.15) is 0 Å². The molecule has 4 heteroatoms. The summed E-state index contributed by atoms with van der Waals surface area (Å²) >= 11 is 2.93. The zero-order valence-corrected chi connectivity index (χ0v) is 7.63. The number of nitrogens with two attached hydrogens (primary N) is 1. The lowest BCUT2D eigenvalue weighted by Crippen LogP contribution is -1.81. The van der Waals surface area contributed by atoms with Gasteiger partial charge in [-0.25, -0.2) is 4.98 Å². The van der Waals surface area contributed by atoms with Crippen molar-refractivity contribution >= 4 is 23.3 Å². The second-order valence-corrected chi connectivity index (χ2v) is 4.29. The fraction of sp³-hybridized carbons (Fsp3) is 0.500. The number of hydrogen-bond acceptors (Lipinski definition) is 4. The van der Waals surface area contributed by atoms with Crippen LogP contribution in [0.25, 0.3) is 0 Å². The Hall–Kier alpha value is -0.0600. The van der Waals surface area contributed by atoms with Gasteiger partial charge < -0.3 is 0 Å². The van der Waals surface area contributed by atoms with Crippen molar-refractivity contribution in [1.29, 1.82) is 0 Å².